The smallest absolute Gasteiger partial charge is 0.240 e. The summed E-state index contributed by atoms with van der Waals surface area (Å²) in [7, 11) is 0. The number of hydrazone groups is 1. The summed E-state index contributed by atoms with van der Waals surface area (Å²) in [6, 6.07) is 18.1. The first kappa shape index (κ1) is 16.7. The second kappa shape index (κ2) is 8.11. The molecule has 0 atom stereocenters. The van der Waals surface area contributed by atoms with E-state index in [9.17, 15) is 4.79 Å². The van der Waals surface area contributed by atoms with Crippen LogP contribution in [0, 0.1) is 0 Å². The number of aromatic nitrogens is 1. The highest BCUT2D eigenvalue weighted by Gasteiger charge is 2.05. The van der Waals surface area contributed by atoms with Crippen molar-refractivity contribution in [1.29, 1.82) is 0 Å². The third-order valence-electron chi connectivity index (χ3n) is 4.02. The molecule has 126 valence electrons. The lowest BCUT2D eigenvalue weighted by Crippen LogP contribution is -2.17. The average molecular weight is 331 g/mol. The number of carbonyl (C=O) groups is 1. The Hall–Kier alpha value is -3.14. The summed E-state index contributed by atoms with van der Waals surface area (Å²) < 4.78 is 2.11. The van der Waals surface area contributed by atoms with E-state index in [1.54, 1.807) is 6.21 Å². The van der Waals surface area contributed by atoms with Gasteiger partial charge in [0.15, 0.2) is 0 Å². The fourth-order valence-corrected chi connectivity index (χ4v) is 2.80. The molecule has 1 N–H and O–H groups in total. The number of nitrogens with one attached hydrogen (secondary N) is 1. The van der Waals surface area contributed by atoms with Gasteiger partial charge in [0.25, 0.3) is 0 Å². The van der Waals surface area contributed by atoms with Gasteiger partial charge < -0.3 is 4.57 Å². The zero-order chi connectivity index (χ0) is 17.5. The normalized spacial score (nSPS) is 11.0. The van der Waals surface area contributed by atoms with Crippen molar-refractivity contribution < 1.29 is 4.79 Å². The molecule has 0 bridgehead atoms. The second-order valence-electron chi connectivity index (χ2n) is 5.82. The van der Waals surface area contributed by atoms with Gasteiger partial charge in [-0.3, -0.25) is 4.79 Å². The van der Waals surface area contributed by atoms with E-state index in [0.717, 1.165) is 28.6 Å². The number of allylic oxidation sites excluding steroid dienone is 1. The fraction of sp³-hybridized carbons (Fsp3) is 0.143. The van der Waals surface area contributed by atoms with Crippen molar-refractivity contribution in [2.24, 2.45) is 5.10 Å². The van der Waals surface area contributed by atoms with Gasteiger partial charge in [-0.05, 0) is 18.1 Å². The number of nitrogens with zero attached hydrogens (tertiary/aromatic N) is 2. The van der Waals surface area contributed by atoms with E-state index in [1.807, 2.05) is 60.8 Å². The van der Waals surface area contributed by atoms with Crippen molar-refractivity contribution >= 4 is 23.0 Å². The summed E-state index contributed by atoms with van der Waals surface area (Å²) in [6.45, 7) is 4.53. The fourth-order valence-electron chi connectivity index (χ4n) is 2.80. The van der Waals surface area contributed by atoms with Crippen LogP contribution in [0.15, 0.2) is 78.6 Å². The summed E-state index contributed by atoms with van der Waals surface area (Å²) in [5.41, 5.74) is 5.85. The third kappa shape index (κ3) is 4.23. The molecule has 1 amide bonds. The molecule has 4 heteroatoms. The molecule has 25 heavy (non-hydrogen) atoms. The minimum atomic E-state index is -0.0880. The summed E-state index contributed by atoms with van der Waals surface area (Å²) in [4.78, 5) is 11.9. The minimum Gasteiger partial charge on any atom is -0.343 e. The Labute approximate surface area is 147 Å². The molecule has 0 aliphatic carbocycles. The lowest BCUT2D eigenvalue weighted by atomic mass is 10.1. The lowest BCUT2D eigenvalue weighted by Gasteiger charge is -2.00. The molecule has 0 unspecified atom stereocenters. The van der Waals surface area contributed by atoms with Crippen molar-refractivity contribution in [3.8, 4) is 0 Å². The molecule has 1 aromatic heterocycles. The van der Waals surface area contributed by atoms with E-state index in [4.69, 9.17) is 0 Å². The standard InChI is InChI=1S/C21H21N3O/c1-2-14-24-16-18(19-10-6-7-11-20(19)24)15-22-23-21(25)13-12-17-8-4-3-5-9-17/h2-11,15-16H,1,12-14H2,(H,23,25)/b22-15-. The van der Waals surface area contributed by atoms with Gasteiger partial charge in [-0.2, -0.15) is 5.10 Å². The molecule has 2 aromatic carbocycles. The zero-order valence-electron chi connectivity index (χ0n) is 14.1. The number of para-hydroxylation sites is 1. The van der Waals surface area contributed by atoms with E-state index in [2.05, 4.69) is 27.7 Å². The number of carbonyl (C=O) groups excluding carboxylic acids is 1. The quantitative estimate of drug-likeness (QED) is 0.398. The van der Waals surface area contributed by atoms with Crippen LogP contribution in [0.1, 0.15) is 17.5 Å². The molecule has 0 saturated carbocycles. The average Bonchev–Trinajstić information content (AvgIpc) is 2.99. The largest absolute Gasteiger partial charge is 0.343 e. The van der Waals surface area contributed by atoms with Gasteiger partial charge in [-0.25, -0.2) is 5.43 Å². The van der Waals surface area contributed by atoms with Gasteiger partial charge in [0.2, 0.25) is 5.91 Å². The topological polar surface area (TPSA) is 46.4 Å². The molecule has 0 spiro atoms. The number of aryl methyl sites for hydroxylation is 1. The first-order chi connectivity index (χ1) is 12.3. The van der Waals surface area contributed by atoms with Crippen LogP contribution in [0.25, 0.3) is 10.9 Å². The summed E-state index contributed by atoms with van der Waals surface area (Å²) in [5.74, 6) is -0.0880. The van der Waals surface area contributed by atoms with Crippen molar-refractivity contribution in [2.45, 2.75) is 19.4 Å². The molecule has 1 heterocycles. The zero-order valence-corrected chi connectivity index (χ0v) is 14.1. The Morgan fingerprint density at radius 1 is 1.12 bits per heavy atom. The van der Waals surface area contributed by atoms with E-state index in [1.165, 1.54) is 0 Å². The Morgan fingerprint density at radius 2 is 1.88 bits per heavy atom. The van der Waals surface area contributed by atoms with Crippen LogP contribution in [0.3, 0.4) is 0 Å². The van der Waals surface area contributed by atoms with Crippen LogP contribution in [0.4, 0.5) is 0 Å². The summed E-state index contributed by atoms with van der Waals surface area (Å²) in [6.07, 6.45) is 6.70. The molecule has 0 fully saturated rings. The maximum Gasteiger partial charge on any atom is 0.240 e. The maximum atomic E-state index is 11.9. The van der Waals surface area contributed by atoms with Gasteiger partial charge in [0.05, 0.1) is 6.21 Å². The molecule has 3 rings (SSSR count). The van der Waals surface area contributed by atoms with Gasteiger partial charge in [0.1, 0.15) is 0 Å². The van der Waals surface area contributed by atoms with Gasteiger partial charge in [-0.15, -0.1) is 6.58 Å². The number of hydrogen-bond donors (Lipinski definition) is 1. The summed E-state index contributed by atoms with van der Waals surface area (Å²) in [5, 5.41) is 5.22. The highest BCUT2D eigenvalue weighted by atomic mass is 16.2. The highest BCUT2D eigenvalue weighted by molar-refractivity contribution is 5.99. The second-order valence-corrected chi connectivity index (χ2v) is 5.82. The SMILES string of the molecule is C=CCn1cc(/C=N\NC(=O)CCc2ccccc2)c2ccccc21. The van der Waals surface area contributed by atoms with Crippen molar-refractivity contribution in [3.05, 3.63) is 84.6 Å². The molecule has 0 radical (unpaired) electrons. The number of amides is 1. The van der Waals surface area contributed by atoms with E-state index >= 15 is 0 Å². The van der Waals surface area contributed by atoms with Crippen LogP contribution in [0.2, 0.25) is 0 Å². The van der Waals surface area contributed by atoms with Crippen molar-refractivity contribution in [1.82, 2.24) is 9.99 Å². The van der Waals surface area contributed by atoms with Crippen molar-refractivity contribution in [3.63, 3.8) is 0 Å². The molecule has 0 saturated heterocycles. The number of rotatable bonds is 7. The molecule has 0 aliphatic heterocycles. The Balaban J connectivity index is 1.63. The van der Waals surface area contributed by atoms with E-state index in [0.29, 0.717) is 12.8 Å². The predicted molar refractivity (Wildman–Crippen MR) is 103 cm³/mol. The van der Waals surface area contributed by atoms with Crippen LogP contribution in [-0.2, 0) is 17.8 Å². The molecule has 3 aromatic rings. The third-order valence-corrected chi connectivity index (χ3v) is 4.02. The molecular formula is C21H21N3O. The van der Waals surface area contributed by atoms with E-state index in [-0.39, 0.29) is 5.91 Å². The first-order valence-corrected chi connectivity index (χ1v) is 8.32. The van der Waals surface area contributed by atoms with E-state index < -0.39 is 0 Å². The monoisotopic (exact) mass is 331 g/mol. The summed E-state index contributed by atoms with van der Waals surface area (Å²) >= 11 is 0. The van der Waals surface area contributed by atoms with Gasteiger partial charge in [-0.1, -0.05) is 54.6 Å². The van der Waals surface area contributed by atoms with Crippen LogP contribution >= 0.6 is 0 Å². The lowest BCUT2D eigenvalue weighted by molar-refractivity contribution is -0.121. The Kier molecular flexibility index (Phi) is 5.42. The first-order valence-electron chi connectivity index (χ1n) is 8.32. The van der Waals surface area contributed by atoms with Crippen LogP contribution < -0.4 is 5.43 Å². The maximum absolute atomic E-state index is 11.9. The molecule has 0 aliphatic rings. The Bertz CT molecular complexity index is 894. The molecular weight excluding hydrogens is 310 g/mol. The Morgan fingerprint density at radius 3 is 2.68 bits per heavy atom. The number of benzene rings is 2. The van der Waals surface area contributed by atoms with Gasteiger partial charge in [0, 0.05) is 35.6 Å². The van der Waals surface area contributed by atoms with Gasteiger partial charge >= 0.3 is 0 Å². The van der Waals surface area contributed by atoms with Crippen LogP contribution in [-0.4, -0.2) is 16.7 Å². The number of hydrogen-bond acceptors (Lipinski definition) is 2. The van der Waals surface area contributed by atoms with Crippen molar-refractivity contribution in [2.75, 3.05) is 0 Å². The minimum absolute atomic E-state index is 0.0880. The highest BCUT2D eigenvalue weighted by Crippen LogP contribution is 2.19. The molecule has 4 nitrogen and oxygen atoms in total. The number of fused-ring (bicyclic) bond motifs is 1. The van der Waals surface area contributed by atoms with Crippen LogP contribution in [0.5, 0.6) is 0 Å². The predicted octanol–water partition coefficient (Wildman–Crippen LogP) is 3.91.